The van der Waals surface area contributed by atoms with E-state index in [4.69, 9.17) is 33.7 Å². The van der Waals surface area contributed by atoms with Crippen molar-refractivity contribution in [1.29, 1.82) is 0 Å². The zero-order chi connectivity index (χ0) is 23.2. The summed E-state index contributed by atoms with van der Waals surface area (Å²) in [5.74, 6) is 0.265. The van der Waals surface area contributed by atoms with Crippen molar-refractivity contribution in [2.24, 2.45) is 0 Å². The lowest BCUT2D eigenvalue weighted by Crippen LogP contribution is -3.00. The number of aromatic nitrogens is 2. The van der Waals surface area contributed by atoms with Gasteiger partial charge in [0.2, 0.25) is 11.5 Å². The topological polar surface area (TPSA) is 115 Å². The van der Waals surface area contributed by atoms with E-state index in [1.807, 2.05) is 30.3 Å². The van der Waals surface area contributed by atoms with Gasteiger partial charge in [0.05, 0.1) is 0 Å². The summed E-state index contributed by atoms with van der Waals surface area (Å²) in [5.41, 5.74) is 7.36. The van der Waals surface area contributed by atoms with Crippen molar-refractivity contribution in [2.75, 3.05) is 18.8 Å². The summed E-state index contributed by atoms with van der Waals surface area (Å²) in [6.45, 7) is 1.73. The Bertz CT molecular complexity index is 1280. The number of nitrogens with one attached hydrogen (secondary N) is 2. The van der Waals surface area contributed by atoms with Crippen LogP contribution in [0.15, 0.2) is 59.2 Å². The molecule has 0 radical (unpaired) electrons. The SMILES string of the molecule is Nc1nonc1C(=O)NCCNCc1c(OCc2ccc(Cl)cc2Cl)ccc2ccccc12.[Cl-]. The zero-order valence-corrected chi connectivity index (χ0v) is 20.1. The van der Waals surface area contributed by atoms with Gasteiger partial charge in [-0.3, -0.25) is 4.79 Å². The average molecular weight is 522 g/mol. The fraction of sp³-hybridized carbons (Fsp3) is 0.174. The first-order chi connectivity index (χ1) is 16.0. The molecule has 0 aliphatic rings. The molecule has 0 spiro atoms. The van der Waals surface area contributed by atoms with E-state index >= 15 is 0 Å². The van der Waals surface area contributed by atoms with E-state index in [9.17, 15) is 4.79 Å². The molecule has 3 aromatic carbocycles. The molecule has 1 heterocycles. The number of anilines is 1. The highest BCUT2D eigenvalue weighted by Crippen LogP contribution is 2.30. The molecule has 178 valence electrons. The maximum Gasteiger partial charge on any atom is 0.277 e. The van der Waals surface area contributed by atoms with Crippen molar-refractivity contribution < 1.29 is 26.6 Å². The van der Waals surface area contributed by atoms with Crippen LogP contribution >= 0.6 is 23.2 Å². The van der Waals surface area contributed by atoms with Crippen molar-refractivity contribution >= 4 is 45.7 Å². The van der Waals surface area contributed by atoms with E-state index in [0.29, 0.717) is 36.3 Å². The molecule has 0 saturated carbocycles. The van der Waals surface area contributed by atoms with Crippen LogP contribution in [0.4, 0.5) is 5.82 Å². The van der Waals surface area contributed by atoms with Gasteiger partial charge in [0.15, 0.2) is 0 Å². The van der Waals surface area contributed by atoms with Gasteiger partial charge < -0.3 is 33.5 Å². The summed E-state index contributed by atoms with van der Waals surface area (Å²) in [6, 6.07) is 17.4. The molecular formula is C23H21Cl3N5O3-. The molecule has 0 fully saturated rings. The molecule has 4 rings (SSSR count). The minimum Gasteiger partial charge on any atom is -1.00 e. The second-order valence-electron chi connectivity index (χ2n) is 7.22. The fourth-order valence-corrected chi connectivity index (χ4v) is 3.81. The number of benzene rings is 3. The van der Waals surface area contributed by atoms with Crippen molar-refractivity contribution in [3.63, 3.8) is 0 Å². The van der Waals surface area contributed by atoms with Crippen LogP contribution in [0.2, 0.25) is 10.0 Å². The Hall–Kier alpha value is -3.04. The van der Waals surface area contributed by atoms with Crippen molar-refractivity contribution in [3.8, 4) is 5.75 Å². The minimum atomic E-state index is -0.440. The summed E-state index contributed by atoms with van der Waals surface area (Å²) in [6.07, 6.45) is 0. The number of hydrogen-bond donors (Lipinski definition) is 3. The molecule has 34 heavy (non-hydrogen) atoms. The highest BCUT2D eigenvalue weighted by molar-refractivity contribution is 6.35. The average Bonchev–Trinajstić information content (AvgIpc) is 3.24. The molecule has 1 aromatic heterocycles. The van der Waals surface area contributed by atoms with Crippen molar-refractivity contribution in [3.05, 3.63) is 81.5 Å². The van der Waals surface area contributed by atoms with Crippen LogP contribution in [0.1, 0.15) is 21.6 Å². The van der Waals surface area contributed by atoms with Gasteiger partial charge in [-0.15, -0.1) is 0 Å². The molecule has 0 bridgehead atoms. The number of halogens is 3. The number of amides is 1. The molecule has 1 amide bonds. The Morgan fingerprint density at radius 1 is 1.06 bits per heavy atom. The smallest absolute Gasteiger partial charge is 0.277 e. The molecule has 0 unspecified atom stereocenters. The van der Waals surface area contributed by atoms with E-state index in [1.54, 1.807) is 12.1 Å². The van der Waals surface area contributed by atoms with Gasteiger partial charge in [-0.1, -0.05) is 59.6 Å². The van der Waals surface area contributed by atoms with Crippen LogP contribution in [0.25, 0.3) is 10.8 Å². The Morgan fingerprint density at radius 2 is 1.88 bits per heavy atom. The van der Waals surface area contributed by atoms with E-state index < -0.39 is 5.91 Å². The van der Waals surface area contributed by atoms with Gasteiger partial charge >= 0.3 is 0 Å². The number of carbonyl (C=O) groups excluding carboxylic acids is 1. The van der Waals surface area contributed by atoms with Gasteiger partial charge in [-0.25, -0.2) is 4.63 Å². The second kappa shape index (κ2) is 11.9. The Balaban J connectivity index is 0.00000324. The van der Waals surface area contributed by atoms with Crippen LogP contribution in [-0.2, 0) is 13.2 Å². The predicted octanol–water partition coefficient (Wildman–Crippen LogP) is 1.21. The molecule has 4 N–H and O–H groups in total. The lowest BCUT2D eigenvalue weighted by Gasteiger charge is -2.16. The van der Waals surface area contributed by atoms with Crippen LogP contribution in [0.3, 0.4) is 0 Å². The van der Waals surface area contributed by atoms with E-state index in [0.717, 1.165) is 27.6 Å². The van der Waals surface area contributed by atoms with Gasteiger partial charge in [-0.2, -0.15) is 0 Å². The normalized spacial score (nSPS) is 10.6. The van der Waals surface area contributed by atoms with Gasteiger partial charge in [0.25, 0.3) is 5.91 Å². The first kappa shape index (κ1) is 25.6. The lowest BCUT2D eigenvalue weighted by atomic mass is 10.0. The third-order valence-corrected chi connectivity index (χ3v) is 5.60. The van der Waals surface area contributed by atoms with Crippen molar-refractivity contribution in [1.82, 2.24) is 20.9 Å². The van der Waals surface area contributed by atoms with Crippen molar-refractivity contribution in [2.45, 2.75) is 13.2 Å². The number of nitrogen functional groups attached to an aromatic ring is 1. The van der Waals surface area contributed by atoms with E-state index in [2.05, 4.69) is 37.7 Å². The molecule has 0 saturated heterocycles. The molecule has 0 aliphatic carbocycles. The monoisotopic (exact) mass is 520 g/mol. The fourth-order valence-electron chi connectivity index (χ4n) is 3.34. The number of nitrogens with zero attached hydrogens (tertiary/aromatic N) is 2. The summed E-state index contributed by atoms with van der Waals surface area (Å²) in [4.78, 5) is 12.0. The number of nitrogens with two attached hydrogens (primary N) is 1. The first-order valence-electron chi connectivity index (χ1n) is 10.2. The minimum absolute atomic E-state index is 0. The van der Waals surface area contributed by atoms with Crippen LogP contribution in [0.5, 0.6) is 5.75 Å². The lowest BCUT2D eigenvalue weighted by molar-refractivity contribution is -0.0000156. The number of carbonyl (C=O) groups is 1. The maximum absolute atomic E-state index is 12.0. The third kappa shape index (κ3) is 6.09. The number of hydrogen-bond acceptors (Lipinski definition) is 7. The summed E-state index contributed by atoms with van der Waals surface area (Å²) >= 11 is 12.3. The Labute approximate surface area is 212 Å². The zero-order valence-electron chi connectivity index (χ0n) is 17.9. The highest BCUT2D eigenvalue weighted by Gasteiger charge is 2.15. The molecule has 4 aromatic rings. The maximum atomic E-state index is 12.0. The van der Waals surface area contributed by atoms with Gasteiger partial charge in [-0.05, 0) is 39.3 Å². The first-order valence-corrected chi connectivity index (χ1v) is 10.9. The molecule has 8 nitrogen and oxygen atoms in total. The quantitative estimate of drug-likeness (QED) is 0.284. The Kier molecular flexibility index (Phi) is 8.95. The number of rotatable bonds is 9. The largest absolute Gasteiger partial charge is 1.00 e. The Morgan fingerprint density at radius 3 is 2.65 bits per heavy atom. The van der Waals surface area contributed by atoms with Crippen LogP contribution < -0.4 is 33.5 Å². The summed E-state index contributed by atoms with van der Waals surface area (Å²) in [7, 11) is 0. The molecule has 0 aliphatic heterocycles. The number of fused-ring (bicyclic) bond motifs is 1. The summed E-state index contributed by atoms with van der Waals surface area (Å²) in [5, 5.41) is 16.3. The highest BCUT2D eigenvalue weighted by atomic mass is 35.5. The predicted molar refractivity (Wildman–Crippen MR) is 127 cm³/mol. The third-order valence-electron chi connectivity index (χ3n) is 5.01. The molecular weight excluding hydrogens is 501 g/mol. The number of ether oxygens (including phenoxy) is 1. The molecule has 0 atom stereocenters. The summed E-state index contributed by atoms with van der Waals surface area (Å²) < 4.78 is 10.6. The van der Waals surface area contributed by atoms with E-state index in [1.165, 1.54) is 0 Å². The second-order valence-corrected chi connectivity index (χ2v) is 8.06. The van der Waals surface area contributed by atoms with Crippen LogP contribution in [-0.4, -0.2) is 29.3 Å². The van der Waals surface area contributed by atoms with Gasteiger partial charge in [0.1, 0.15) is 12.4 Å². The van der Waals surface area contributed by atoms with Gasteiger partial charge in [0, 0.05) is 40.8 Å². The molecule has 11 heteroatoms. The van der Waals surface area contributed by atoms with Crippen LogP contribution in [0, 0.1) is 0 Å². The van der Waals surface area contributed by atoms with E-state index in [-0.39, 0.29) is 23.9 Å². The standard InChI is InChI=1S/C23H21Cl2N5O3.ClH/c24-16-7-5-15(19(25)11-16)13-32-20-8-6-14-3-1-2-4-17(14)18(20)12-27-9-10-28-23(31)21-22(26)30-33-29-21;/h1-8,11,27H,9-10,12-13H2,(H2,26,30)(H,28,31);1H/p-1.